The van der Waals surface area contributed by atoms with Crippen molar-refractivity contribution in [3.8, 4) is 0 Å². The average molecular weight is 383 g/mol. The lowest BCUT2D eigenvalue weighted by molar-refractivity contribution is 0.443. The maximum Gasteiger partial charge on any atom is 0.206 e. The van der Waals surface area contributed by atoms with Crippen LogP contribution < -0.4 is 0 Å². The first-order valence-corrected chi connectivity index (χ1v) is 12.1. The number of hydrogen-bond donors (Lipinski definition) is 0. The summed E-state index contributed by atoms with van der Waals surface area (Å²) >= 11 is 0. The highest BCUT2D eigenvalue weighted by Crippen LogP contribution is 2.35. The van der Waals surface area contributed by atoms with E-state index in [1.165, 1.54) is 75.3 Å². The van der Waals surface area contributed by atoms with Crippen LogP contribution in [0, 0.1) is 0 Å². The zero-order valence-corrected chi connectivity index (χ0v) is 16.9. The van der Waals surface area contributed by atoms with E-state index >= 15 is 0 Å². The van der Waals surface area contributed by atoms with Crippen LogP contribution in [0.5, 0.6) is 0 Å². The van der Waals surface area contributed by atoms with Crippen LogP contribution in [0.4, 0.5) is 0 Å². The minimum atomic E-state index is -3.43. The number of hydrogen-bond acceptors (Lipinski definition) is 2. The molecule has 2 aromatic carbocycles. The Morgan fingerprint density at radius 3 is 1.19 bits per heavy atom. The number of benzene rings is 2. The average Bonchev–Trinajstić information content (AvgIpc) is 2.75. The molecule has 2 nitrogen and oxygen atoms in total. The predicted molar refractivity (Wildman–Crippen MR) is 110 cm³/mol. The second-order valence-corrected chi connectivity index (χ2v) is 10.3. The highest BCUT2D eigenvalue weighted by molar-refractivity contribution is 7.91. The molecule has 0 heterocycles. The standard InChI is InChI=1S/C24H30O2S/c25-27(26,23-15-11-21(12-16-23)19-7-3-1-4-8-19)24-17-13-22(14-18-24)20-9-5-2-6-10-20/h11-20H,1-10H2. The third kappa shape index (κ3) is 4.13. The molecular formula is C24H30O2S. The van der Waals surface area contributed by atoms with Crippen molar-refractivity contribution in [1.82, 2.24) is 0 Å². The summed E-state index contributed by atoms with van der Waals surface area (Å²) in [4.78, 5) is 0.819. The van der Waals surface area contributed by atoms with Gasteiger partial charge >= 0.3 is 0 Å². The molecule has 2 aliphatic carbocycles. The summed E-state index contributed by atoms with van der Waals surface area (Å²) in [5.74, 6) is 1.20. The van der Waals surface area contributed by atoms with Crippen LogP contribution in [0.1, 0.15) is 87.2 Å². The van der Waals surface area contributed by atoms with E-state index in [-0.39, 0.29) is 0 Å². The zero-order chi connectivity index (χ0) is 18.7. The first-order chi connectivity index (χ1) is 13.1. The fourth-order valence-electron chi connectivity index (χ4n) is 4.85. The van der Waals surface area contributed by atoms with E-state index in [4.69, 9.17) is 0 Å². The SMILES string of the molecule is O=S(=O)(c1ccc(C2CCCCC2)cc1)c1ccc(C2CCCCC2)cc1. The Bertz CT molecular complexity index is 771. The molecule has 0 amide bonds. The summed E-state index contributed by atoms with van der Waals surface area (Å²) in [7, 11) is -3.43. The Balaban J connectivity index is 1.52. The van der Waals surface area contributed by atoms with Crippen molar-refractivity contribution in [2.75, 3.05) is 0 Å². The molecule has 0 atom stereocenters. The number of sulfone groups is 1. The van der Waals surface area contributed by atoms with E-state index in [0.717, 1.165) is 0 Å². The maximum absolute atomic E-state index is 13.0. The smallest absolute Gasteiger partial charge is 0.206 e. The Morgan fingerprint density at radius 1 is 0.519 bits per heavy atom. The molecule has 0 aromatic heterocycles. The summed E-state index contributed by atoms with van der Waals surface area (Å²) in [5.41, 5.74) is 2.59. The second-order valence-electron chi connectivity index (χ2n) is 8.31. The van der Waals surface area contributed by atoms with Crippen molar-refractivity contribution in [2.45, 2.75) is 85.8 Å². The molecule has 2 aromatic rings. The van der Waals surface area contributed by atoms with E-state index in [1.807, 2.05) is 24.3 Å². The Hall–Kier alpha value is -1.61. The lowest BCUT2D eigenvalue weighted by atomic mass is 9.84. The molecular weight excluding hydrogens is 352 g/mol. The molecule has 0 N–H and O–H groups in total. The molecule has 2 fully saturated rings. The molecule has 0 aliphatic heterocycles. The van der Waals surface area contributed by atoms with Gasteiger partial charge in [-0.25, -0.2) is 8.42 Å². The summed E-state index contributed by atoms with van der Waals surface area (Å²) in [6.07, 6.45) is 12.7. The zero-order valence-electron chi connectivity index (χ0n) is 16.1. The summed E-state index contributed by atoms with van der Waals surface area (Å²) in [6, 6.07) is 15.3. The van der Waals surface area contributed by atoms with Crippen LogP contribution in [0.3, 0.4) is 0 Å². The highest BCUT2D eigenvalue weighted by atomic mass is 32.2. The van der Waals surface area contributed by atoms with Crippen molar-refractivity contribution in [2.24, 2.45) is 0 Å². The lowest BCUT2D eigenvalue weighted by Crippen LogP contribution is -2.07. The predicted octanol–water partition coefficient (Wildman–Crippen LogP) is 6.61. The van der Waals surface area contributed by atoms with Crippen molar-refractivity contribution >= 4 is 9.84 Å². The van der Waals surface area contributed by atoms with Gasteiger partial charge in [-0.2, -0.15) is 0 Å². The van der Waals surface area contributed by atoms with Crippen molar-refractivity contribution in [3.63, 3.8) is 0 Å². The first-order valence-electron chi connectivity index (χ1n) is 10.6. The molecule has 2 aliphatic rings. The molecule has 144 valence electrons. The summed E-state index contributed by atoms with van der Waals surface area (Å²) in [5, 5.41) is 0. The Kier molecular flexibility index (Phi) is 5.68. The largest absolute Gasteiger partial charge is 0.219 e. The van der Waals surface area contributed by atoms with Gasteiger partial charge in [-0.05, 0) is 72.9 Å². The van der Waals surface area contributed by atoms with E-state index in [9.17, 15) is 8.42 Å². The molecule has 2 saturated carbocycles. The third-order valence-electron chi connectivity index (χ3n) is 6.53. The lowest BCUT2D eigenvalue weighted by Gasteiger charge is -2.22. The van der Waals surface area contributed by atoms with Crippen LogP contribution in [0.25, 0.3) is 0 Å². The summed E-state index contributed by atoms with van der Waals surface area (Å²) < 4.78 is 26.0. The van der Waals surface area contributed by atoms with Gasteiger partial charge in [0, 0.05) is 0 Å². The van der Waals surface area contributed by atoms with E-state index < -0.39 is 9.84 Å². The van der Waals surface area contributed by atoms with Gasteiger partial charge in [0.25, 0.3) is 0 Å². The molecule has 0 radical (unpaired) electrons. The third-order valence-corrected chi connectivity index (χ3v) is 8.32. The van der Waals surface area contributed by atoms with E-state index in [2.05, 4.69) is 0 Å². The van der Waals surface area contributed by atoms with Crippen LogP contribution in [-0.4, -0.2) is 8.42 Å². The second kappa shape index (κ2) is 8.18. The van der Waals surface area contributed by atoms with Gasteiger partial charge < -0.3 is 0 Å². The summed E-state index contributed by atoms with van der Waals surface area (Å²) in [6.45, 7) is 0. The van der Waals surface area contributed by atoms with Gasteiger partial charge in [0.1, 0.15) is 0 Å². The molecule has 3 heteroatoms. The van der Waals surface area contributed by atoms with Crippen molar-refractivity contribution < 1.29 is 8.42 Å². The van der Waals surface area contributed by atoms with Crippen LogP contribution in [0.2, 0.25) is 0 Å². The molecule has 27 heavy (non-hydrogen) atoms. The number of rotatable bonds is 4. The highest BCUT2D eigenvalue weighted by Gasteiger charge is 2.21. The molecule has 0 saturated heterocycles. The van der Waals surface area contributed by atoms with Gasteiger partial charge in [0.15, 0.2) is 0 Å². The van der Waals surface area contributed by atoms with E-state index in [0.29, 0.717) is 21.6 Å². The van der Waals surface area contributed by atoms with Gasteiger partial charge in [0.2, 0.25) is 9.84 Å². The van der Waals surface area contributed by atoms with Crippen LogP contribution >= 0.6 is 0 Å². The molecule has 0 unspecified atom stereocenters. The molecule has 4 rings (SSSR count). The Labute approximate surface area is 163 Å². The van der Waals surface area contributed by atoms with Gasteiger partial charge in [-0.1, -0.05) is 62.8 Å². The van der Waals surface area contributed by atoms with Crippen molar-refractivity contribution in [3.05, 3.63) is 59.7 Å². The van der Waals surface area contributed by atoms with E-state index in [1.54, 1.807) is 24.3 Å². The minimum Gasteiger partial charge on any atom is -0.219 e. The monoisotopic (exact) mass is 382 g/mol. The van der Waals surface area contributed by atoms with Gasteiger partial charge in [0.05, 0.1) is 9.79 Å². The van der Waals surface area contributed by atoms with Crippen LogP contribution in [0.15, 0.2) is 58.3 Å². The molecule has 0 spiro atoms. The van der Waals surface area contributed by atoms with Crippen LogP contribution in [-0.2, 0) is 9.84 Å². The van der Waals surface area contributed by atoms with Crippen molar-refractivity contribution in [1.29, 1.82) is 0 Å². The minimum absolute atomic E-state index is 0.410. The Morgan fingerprint density at radius 2 is 0.852 bits per heavy atom. The molecule has 0 bridgehead atoms. The topological polar surface area (TPSA) is 34.1 Å². The normalized spacial score (nSPS) is 19.9. The van der Waals surface area contributed by atoms with Gasteiger partial charge in [-0.15, -0.1) is 0 Å². The fourth-order valence-corrected chi connectivity index (χ4v) is 6.11. The fraction of sp³-hybridized carbons (Fsp3) is 0.500. The maximum atomic E-state index is 13.0. The first kappa shape index (κ1) is 18.7. The quantitative estimate of drug-likeness (QED) is 0.596. The van der Waals surface area contributed by atoms with Gasteiger partial charge in [-0.3, -0.25) is 0 Å².